The van der Waals surface area contributed by atoms with Crippen LogP contribution >= 0.6 is 0 Å². The average molecular weight is 335 g/mol. The van der Waals surface area contributed by atoms with Crippen LogP contribution in [0.15, 0.2) is 83.5 Å². The van der Waals surface area contributed by atoms with Crippen LogP contribution in [-0.4, -0.2) is 20.1 Å². The van der Waals surface area contributed by atoms with Crippen LogP contribution in [-0.2, 0) is 0 Å². The molecule has 0 aliphatic rings. The summed E-state index contributed by atoms with van der Waals surface area (Å²) >= 11 is 0. The molecule has 0 saturated heterocycles. The lowest BCUT2D eigenvalue weighted by Gasteiger charge is -2.31. The maximum Gasteiger partial charge on any atom is 0.293 e. The molecule has 122 valence electrons. The molecule has 0 unspecified atom stereocenters. The summed E-state index contributed by atoms with van der Waals surface area (Å²) < 4.78 is 5.34. The van der Waals surface area contributed by atoms with Crippen LogP contribution in [0.4, 0.5) is 5.69 Å². The van der Waals surface area contributed by atoms with E-state index in [1.54, 1.807) is 12.1 Å². The Hall–Kier alpha value is -2.59. The smallest absolute Gasteiger partial charge is 0.293 e. The van der Waals surface area contributed by atoms with Crippen LogP contribution in [0.5, 0.6) is 0 Å². The zero-order valence-corrected chi connectivity index (χ0v) is 15.0. The van der Waals surface area contributed by atoms with Crippen molar-refractivity contribution in [1.29, 1.82) is 0 Å². The molecule has 0 saturated carbocycles. The summed E-state index contributed by atoms with van der Waals surface area (Å²) in [5.74, 6) is 0.277. The minimum absolute atomic E-state index is 0.0947. The van der Waals surface area contributed by atoms with Gasteiger partial charge in [0.25, 0.3) is 5.91 Å². The van der Waals surface area contributed by atoms with E-state index in [9.17, 15) is 4.79 Å². The monoisotopic (exact) mass is 335 g/mol. The van der Waals surface area contributed by atoms with Gasteiger partial charge in [-0.05, 0) is 24.3 Å². The standard InChI is InChI=1S/C20H21NO2Si/c1-24(2,18-12-7-4-8-13-18)16-21(17-10-5-3-6-11-17)20(22)19-14-9-15-23-19/h3-15H,16H2,1-2H3. The van der Waals surface area contributed by atoms with Crippen molar-refractivity contribution >= 4 is 24.9 Å². The quantitative estimate of drug-likeness (QED) is 0.658. The number of hydrogen-bond donors (Lipinski definition) is 0. The predicted octanol–water partition coefficient (Wildman–Crippen LogP) is 4.08. The van der Waals surface area contributed by atoms with Crippen molar-refractivity contribution in [2.45, 2.75) is 13.1 Å². The van der Waals surface area contributed by atoms with Crippen LogP contribution in [0.1, 0.15) is 10.6 Å². The molecule has 3 nitrogen and oxygen atoms in total. The molecule has 4 heteroatoms. The minimum atomic E-state index is -1.84. The summed E-state index contributed by atoms with van der Waals surface area (Å²) in [6.45, 7) is 4.57. The van der Waals surface area contributed by atoms with Gasteiger partial charge in [-0.25, -0.2) is 0 Å². The second-order valence-electron chi connectivity index (χ2n) is 6.45. The zero-order chi connectivity index (χ0) is 17.0. The highest BCUT2D eigenvalue weighted by atomic mass is 28.3. The lowest BCUT2D eigenvalue weighted by atomic mass is 10.3. The van der Waals surface area contributed by atoms with Crippen molar-refractivity contribution < 1.29 is 9.21 Å². The van der Waals surface area contributed by atoms with Crippen molar-refractivity contribution in [3.63, 3.8) is 0 Å². The SMILES string of the molecule is C[Si](C)(CN(C(=O)c1ccco1)c1ccccc1)c1ccccc1. The summed E-state index contributed by atoms with van der Waals surface area (Å²) in [4.78, 5) is 14.8. The highest BCUT2D eigenvalue weighted by molar-refractivity contribution is 6.90. The summed E-state index contributed by atoms with van der Waals surface area (Å²) in [6, 6.07) is 23.7. The average Bonchev–Trinajstić information content (AvgIpc) is 3.15. The Morgan fingerprint density at radius 2 is 1.54 bits per heavy atom. The lowest BCUT2D eigenvalue weighted by molar-refractivity contribution is 0.0964. The van der Waals surface area contributed by atoms with Gasteiger partial charge in [-0.2, -0.15) is 0 Å². The fraction of sp³-hybridized carbons (Fsp3) is 0.150. The Morgan fingerprint density at radius 3 is 2.12 bits per heavy atom. The number of amides is 1. The minimum Gasteiger partial charge on any atom is -0.459 e. The Morgan fingerprint density at radius 1 is 0.917 bits per heavy atom. The summed E-state index contributed by atoms with van der Waals surface area (Å²) in [6.07, 6.45) is 2.23. The molecule has 0 aliphatic carbocycles. The van der Waals surface area contributed by atoms with Gasteiger partial charge in [0.2, 0.25) is 0 Å². The van der Waals surface area contributed by atoms with Gasteiger partial charge < -0.3 is 9.32 Å². The van der Waals surface area contributed by atoms with Gasteiger partial charge in [-0.15, -0.1) is 0 Å². The number of carbonyl (C=O) groups excluding carboxylic acids is 1. The fourth-order valence-electron chi connectivity index (χ4n) is 2.80. The number of benzene rings is 2. The molecule has 1 amide bonds. The molecule has 24 heavy (non-hydrogen) atoms. The lowest BCUT2D eigenvalue weighted by Crippen LogP contribution is -2.53. The van der Waals surface area contributed by atoms with Gasteiger partial charge in [-0.3, -0.25) is 4.79 Å². The molecule has 2 aromatic carbocycles. The topological polar surface area (TPSA) is 33.5 Å². The molecule has 0 aliphatic heterocycles. The van der Waals surface area contributed by atoms with E-state index in [1.165, 1.54) is 11.4 Å². The van der Waals surface area contributed by atoms with E-state index in [1.807, 2.05) is 41.3 Å². The maximum absolute atomic E-state index is 13.0. The van der Waals surface area contributed by atoms with E-state index >= 15 is 0 Å². The first-order chi connectivity index (χ1) is 11.6. The van der Waals surface area contributed by atoms with Crippen molar-refractivity contribution in [3.8, 4) is 0 Å². The summed E-state index contributed by atoms with van der Waals surface area (Å²) in [5.41, 5.74) is 0.899. The van der Waals surface area contributed by atoms with Crippen LogP contribution in [0.2, 0.25) is 13.1 Å². The third-order valence-corrected chi connectivity index (χ3v) is 7.16. The fourth-order valence-corrected chi connectivity index (χ4v) is 5.19. The van der Waals surface area contributed by atoms with Crippen LogP contribution in [0.25, 0.3) is 0 Å². The highest BCUT2D eigenvalue weighted by Gasteiger charge is 2.31. The van der Waals surface area contributed by atoms with Gasteiger partial charge in [0.1, 0.15) is 8.07 Å². The van der Waals surface area contributed by atoms with Gasteiger partial charge in [0, 0.05) is 11.9 Å². The van der Waals surface area contributed by atoms with E-state index < -0.39 is 8.07 Å². The van der Waals surface area contributed by atoms with Crippen molar-refractivity contribution in [3.05, 3.63) is 84.8 Å². The first-order valence-electron chi connectivity index (χ1n) is 8.04. The highest BCUT2D eigenvalue weighted by Crippen LogP contribution is 2.20. The molecular weight excluding hydrogens is 314 g/mol. The second-order valence-corrected chi connectivity index (χ2v) is 11.1. The molecule has 0 spiro atoms. The number of furan rings is 1. The Bertz CT molecular complexity index is 783. The normalized spacial score (nSPS) is 11.2. The molecule has 1 heterocycles. The number of para-hydroxylation sites is 1. The van der Waals surface area contributed by atoms with E-state index in [0.29, 0.717) is 11.9 Å². The zero-order valence-electron chi connectivity index (χ0n) is 14.0. The number of nitrogens with zero attached hydrogens (tertiary/aromatic N) is 1. The number of carbonyl (C=O) groups is 1. The van der Waals surface area contributed by atoms with Gasteiger partial charge >= 0.3 is 0 Å². The van der Waals surface area contributed by atoms with Gasteiger partial charge in [0.15, 0.2) is 5.76 Å². The van der Waals surface area contributed by atoms with Crippen LogP contribution < -0.4 is 10.1 Å². The Labute approximate surface area is 143 Å². The molecule has 3 rings (SSSR count). The number of rotatable bonds is 5. The molecule has 0 fully saturated rings. The maximum atomic E-state index is 13.0. The van der Waals surface area contributed by atoms with E-state index in [2.05, 4.69) is 37.4 Å². The Kier molecular flexibility index (Phi) is 4.67. The Balaban J connectivity index is 1.95. The van der Waals surface area contributed by atoms with Crippen LogP contribution in [0, 0.1) is 0 Å². The first-order valence-corrected chi connectivity index (χ1v) is 11.2. The van der Waals surface area contributed by atoms with Crippen molar-refractivity contribution in [2.75, 3.05) is 11.1 Å². The predicted molar refractivity (Wildman–Crippen MR) is 100 cm³/mol. The molecule has 0 atom stereocenters. The largest absolute Gasteiger partial charge is 0.459 e. The van der Waals surface area contributed by atoms with E-state index in [4.69, 9.17) is 4.42 Å². The molecule has 0 radical (unpaired) electrons. The number of hydrogen-bond acceptors (Lipinski definition) is 2. The van der Waals surface area contributed by atoms with E-state index in [0.717, 1.165) is 5.69 Å². The molecule has 0 N–H and O–H groups in total. The third kappa shape index (κ3) is 3.49. The van der Waals surface area contributed by atoms with Crippen LogP contribution in [0.3, 0.4) is 0 Å². The van der Waals surface area contributed by atoms with Gasteiger partial charge in [-0.1, -0.05) is 66.8 Å². The molecular formula is C20H21NO2Si. The number of anilines is 1. The van der Waals surface area contributed by atoms with E-state index in [-0.39, 0.29) is 5.91 Å². The van der Waals surface area contributed by atoms with Gasteiger partial charge in [0.05, 0.1) is 6.26 Å². The van der Waals surface area contributed by atoms with Crippen molar-refractivity contribution in [2.24, 2.45) is 0 Å². The summed E-state index contributed by atoms with van der Waals surface area (Å²) in [7, 11) is -1.84. The van der Waals surface area contributed by atoms with Crippen molar-refractivity contribution in [1.82, 2.24) is 0 Å². The molecule has 0 bridgehead atoms. The second kappa shape index (κ2) is 6.89. The molecule has 1 aromatic heterocycles. The summed E-state index contributed by atoms with van der Waals surface area (Å²) in [5, 5.41) is 1.33. The first kappa shape index (κ1) is 16.3. The molecule has 3 aromatic rings. The third-order valence-electron chi connectivity index (χ3n) is 4.15.